The van der Waals surface area contributed by atoms with Crippen molar-refractivity contribution in [3.8, 4) is 0 Å². The van der Waals surface area contributed by atoms with Gasteiger partial charge in [0.1, 0.15) is 0 Å². The Labute approximate surface area is 98.4 Å². The lowest BCUT2D eigenvalue weighted by Gasteiger charge is -2.19. The Hall–Kier alpha value is -0.860. The molecule has 1 fully saturated rings. The highest BCUT2D eigenvalue weighted by Crippen LogP contribution is 2.21. The molecule has 0 aliphatic carbocycles. The van der Waals surface area contributed by atoms with Crippen LogP contribution in [0.3, 0.4) is 0 Å². The molecule has 16 heavy (non-hydrogen) atoms. The summed E-state index contributed by atoms with van der Waals surface area (Å²) in [6, 6.07) is 11.1. The molecular formula is C14H22N2. The predicted molar refractivity (Wildman–Crippen MR) is 68.1 cm³/mol. The Morgan fingerprint density at radius 2 is 2.12 bits per heavy atom. The molecule has 1 heterocycles. The van der Waals surface area contributed by atoms with E-state index >= 15 is 0 Å². The van der Waals surface area contributed by atoms with Gasteiger partial charge < -0.3 is 5.73 Å². The highest BCUT2D eigenvalue weighted by molar-refractivity contribution is 5.14. The third-order valence-electron chi connectivity index (χ3n) is 3.63. The van der Waals surface area contributed by atoms with Gasteiger partial charge in [-0.15, -0.1) is 0 Å². The lowest BCUT2D eigenvalue weighted by atomic mass is 9.98. The summed E-state index contributed by atoms with van der Waals surface area (Å²) in [5.41, 5.74) is 7.52. The van der Waals surface area contributed by atoms with Crippen LogP contribution in [0.25, 0.3) is 0 Å². The summed E-state index contributed by atoms with van der Waals surface area (Å²) in [5.74, 6) is 0.703. The van der Waals surface area contributed by atoms with E-state index in [2.05, 4.69) is 42.2 Å². The van der Waals surface area contributed by atoms with Crippen LogP contribution in [-0.4, -0.2) is 24.0 Å². The van der Waals surface area contributed by atoms with Gasteiger partial charge in [-0.2, -0.15) is 0 Å². The second-order valence-electron chi connectivity index (χ2n) is 4.84. The molecular weight excluding hydrogens is 196 g/mol. The van der Waals surface area contributed by atoms with E-state index in [4.69, 9.17) is 5.73 Å². The van der Waals surface area contributed by atoms with Crippen LogP contribution in [0.2, 0.25) is 0 Å². The minimum atomic E-state index is 0.390. The molecule has 2 rings (SSSR count). The summed E-state index contributed by atoms with van der Waals surface area (Å²) >= 11 is 0. The molecule has 1 aliphatic rings. The Morgan fingerprint density at radius 3 is 2.81 bits per heavy atom. The molecule has 2 nitrogen and oxygen atoms in total. The molecule has 0 radical (unpaired) electrons. The van der Waals surface area contributed by atoms with Crippen molar-refractivity contribution in [2.75, 3.05) is 13.1 Å². The zero-order chi connectivity index (χ0) is 11.4. The maximum absolute atomic E-state index is 6.11. The number of hydrogen-bond acceptors (Lipinski definition) is 2. The summed E-state index contributed by atoms with van der Waals surface area (Å²) in [5, 5.41) is 0. The SMILES string of the molecule is CCC(N)C1CCN(Cc2ccccc2)C1. The van der Waals surface area contributed by atoms with E-state index in [0.29, 0.717) is 12.0 Å². The maximum Gasteiger partial charge on any atom is 0.0233 e. The van der Waals surface area contributed by atoms with Crippen molar-refractivity contribution >= 4 is 0 Å². The van der Waals surface area contributed by atoms with Crippen molar-refractivity contribution in [2.24, 2.45) is 11.7 Å². The van der Waals surface area contributed by atoms with E-state index in [-0.39, 0.29) is 0 Å². The number of benzene rings is 1. The lowest BCUT2D eigenvalue weighted by Crippen LogP contribution is -2.31. The number of nitrogens with two attached hydrogens (primary N) is 1. The Balaban J connectivity index is 1.85. The first-order valence-electron chi connectivity index (χ1n) is 6.31. The summed E-state index contributed by atoms with van der Waals surface area (Å²) in [6.45, 7) is 5.63. The second-order valence-corrected chi connectivity index (χ2v) is 4.84. The van der Waals surface area contributed by atoms with Gasteiger partial charge in [-0.1, -0.05) is 37.3 Å². The zero-order valence-electron chi connectivity index (χ0n) is 10.1. The molecule has 2 heteroatoms. The number of nitrogens with zero attached hydrogens (tertiary/aromatic N) is 1. The number of likely N-dealkylation sites (tertiary alicyclic amines) is 1. The van der Waals surface area contributed by atoms with Crippen LogP contribution in [0.5, 0.6) is 0 Å². The molecule has 0 aromatic heterocycles. The first kappa shape index (κ1) is 11.6. The minimum absolute atomic E-state index is 0.390. The number of rotatable bonds is 4. The molecule has 0 bridgehead atoms. The van der Waals surface area contributed by atoms with Gasteiger partial charge in [0.15, 0.2) is 0 Å². The Kier molecular flexibility index (Phi) is 3.97. The van der Waals surface area contributed by atoms with Gasteiger partial charge >= 0.3 is 0 Å². The zero-order valence-corrected chi connectivity index (χ0v) is 10.1. The quantitative estimate of drug-likeness (QED) is 0.840. The second kappa shape index (κ2) is 5.46. The molecule has 2 N–H and O–H groups in total. The molecule has 0 spiro atoms. The van der Waals surface area contributed by atoms with Crippen molar-refractivity contribution in [1.29, 1.82) is 0 Å². The summed E-state index contributed by atoms with van der Waals surface area (Å²) < 4.78 is 0. The van der Waals surface area contributed by atoms with Gasteiger partial charge in [0.25, 0.3) is 0 Å². The fourth-order valence-corrected chi connectivity index (χ4v) is 2.53. The predicted octanol–water partition coefficient (Wildman–Crippen LogP) is 2.25. The van der Waals surface area contributed by atoms with Gasteiger partial charge in [0, 0.05) is 19.1 Å². The molecule has 1 aromatic rings. The molecule has 0 amide bonds. The smallest absolute Gasteiger partial charge is 0.0233 e. The Bertz CT molecular complexity index is 310. The highest BCUT2D eigenvalue weighted by atomic mass is 15.1. The van der Waals surface area contributed by atoms with Crippen LogP contribution < -0.4 is 5.73 Å². The summed E-state index contributed by atoms with van der Waals surface area (Å²) in [4.78, 5) is 2.52. The fraction of sp³-hybridized carbons (Fsp3) is 0.571. The number of hydrogen-bond donors (Lipinski definition) is 1. The first-order chi connectivity index (χ1) is 7.79. The van der Waals surface area contributed by atoms with Crippen molar-refractivity contribution in [3.63, 3.8) is 0 Å². The summed E-state index contributed by atoms with van der Waals surface area (Å²) in [6.07, 6.45) is 2.37. The van der Waals surface area contributed by atoms with Crippen molar-refractivity contribution in [1.82, 2.24) is 4.90 Å². The monoisotopic (exact) mass is 218 g/mol. The van der Waals surface area contributed by atoms with Crippen LogP contribution in [0.4, 0.5) is 0 Å². The third kappa shape index (κ3) is 2.83. The van der Waals surface area contributed by atoms with Crippen LogP contribution in [0.1, 0.15) is 25.3 Å². The topological polar surface area (TPSA) is 29.3 Å². The average molecular weight is 218 g/mol. The first-order valence-corrected chi connectivity index (χ1v) is 6.31. The molecule has 88 valence electrons. The normalized spacial score (nSPS) is 23.5. The van der Waals surface area contributed by atoms with Gasteiger partial charge in [-0.25, -0.2) is 0 Å². The van der Waals surface area contributed by atoms with Gasteiger partial charge in [-0.3, -0.25) is 4.90 Å². The van der Waals surface area contributed by atoms with Crippen LogP contribution in [-0.2, 0) is 6.54 Å². The van der Waals surface area contributed by atoms with Crippen molar-refractivity contribution in [2.45, 2.75) is 32.4 Å². The van der Waals surface area contributed by atoms with E-state index in [1.54, 1.807) is 0 Å². The maximum atomic E-state index is 6.11. The van der Waals surface area contributed by atoms with E-state index in [1.165, 1.54) is 25.1 Å². The largest absolute Gasteiger partial charge is 0.327 e. The van der Waals surface area contributed by atoms with Crippen LogP contribution in [0.15, 0.2) is 30.3 Å². The van der Waals surface area contributed by atoms with E-state index in [0.717, 1.165) is 13.0 Å². The standard InChI is InChI=1S/C14H22N2/c1-2-14(15)13-8-9-16(11-13)10-12-6-4-3-5-7-12/h3-7,13-14H,2,8-11,15H2,1H3. The summed E-state index contributed by atoms with van der Waals surface area (Å²) in [7, 11) is 0. The molecule has 1 saturated heterocycles. The molecule has 1 aliphatic heterocycles. The highest BCUT2D eigenvalue weighted by Gasteiger charge is 2.26. The lowest BCUT2D eigenvalue weighted by molar-refractivity contribution is 0.304. The van der Waals surface area contributed by atoms with E-state index in [9.17, 15) is 0 Å². The van der Waals surface area contributed by atoms with E-state index in [1.807, 2.05) is 0 Å². The van der Waals surface area contributed by atoms with E-state index < -0.39 is 0 Å². The van der Waals surface area contributed by atoms with Crippen molar-refractivity contribution in [3.05, 3.63) is 35.9 Å². The average Bonchev–Trinajstić information content (AvgIpc) is 2.78. The minimum Gasteiger partial charge on any atom is -0.327 e. The van der Waals surface area contributed by atoms with Gasteiger partial charge in [0.05, 0.1) is 0 Å². The van der Waals surface area contributed by atoms with Crippen molar-refractivity contribution < 1.29 is 0 Å². The van der Waals surface area contributed by atoms with Gasteiger partial charge in [-0.05, 0) is 30.9 Å². The fourth-order valence-electron chi connectivity index (χ4n) is 2.53. The molecule has 1 aromatic carbocycles. The third-order valence-corrected chi connectivity index (χ3v) is 3.63. The molecule has 0 saturated carbocycles. The van der Waals surface area contributed by atoms with Crippen LogP contribution in [0, 0.1) is 5.92 Å². The van der Waals surface area contributed by atoms with Crippen LogP contribution >= 0.6 is 0 Å². The molecule has 2 unspecified atom stereocenters. The molecule has 2 atom stereocenters. The Morgan fingerprint density at radius 1 is 1.38 bits per heavy atom. The van der Waals surface area contributed by atoms with Gasteiger partial charge in [0.2, 0.25) is 0 Å².